The molecule has 0 aliphatic rings. The predicted octanol–water partition coefficient (Wildman–Crippen LogP) is 7.79. The van der Waals surface area contributed by atoms with Gasteiger partial charge in [-0.1, -0.05) is 60.7 Å². The minimum atomic E-state index is 0.202. The van der Waals surface area contributed by atoms with Crippen molar-refractivity contribution in [2.75, 3.05) is 0 Å². The summed E-state index contributed by atoms with van der Waals surface area (Å²) in [6.45, 7) is 0. The maximum atomic E-state index is 6.43. The Hall–Kier alpha value is -4.15. The molecule has 33 heavy (non-hydrogen) atoms. The fourth-order valence-corrected chi connectivity index (χ4v) is 4.99. The molecule has 156 valence electrons. The molecule has 0 amide bonds. The van der Waals surface area contributed by atoms with Crippen LogP contribution < -0.4 is 0 Å². The number of furan rings is 1. The number of hydrogen-bond acceptors (Lipinski definition) is 3. The molecule has 7 aromatic rings. The van der Waals surface area contributed by atoms with Crippen LogP contribution in [-0.4, -0.2) is 14.5 Å². The number of para-hydroxylation sites is 3. The molecule has 0 aliphatic heterocycles. The van der Waals surface area contributed by atoms with Crippen molar-refractivity contribution in [2.45, 2.75) is 0 Å². The van der Waals surface area contributed by atoms with Crippen molar-refractivity contribution in [3.8, 4) is 16.9 Å². The Bertz CT molecular complexity index is 1830. The van der Waals surface area contributed by atoms with Gasteiger partial charge >= 0.3 is 0 Å². The standard InChI is InChI=1S/C28H16ClN3O/c29-28-30-25-19-12-5-7-16-23(19)33-27(25)26(31-28)20-13-8-15-22-24(20)18-11-4-6-14-21(18)32(22)17-9-2-1-3-10-17/h1-16H. The van der Waals surface area contributed by atoms with Crippen LogP contribution in [0, 0.1) is 0 Å². The fraction of sp³-hybridized carbons (Fsp3) is 0. The number of aromatic nitrogens is 3. The molecular formula is C28H16ClN3O. The van der Waals surface area contributed by atoms with E-state index in [-0.39, 0.29) is 5.28 Å². The molecular weight excluding hydrogens is 430 g/mol. The molecule has 5 heteroatoms. The van der Waals surface area contributed by atoms with Crippen LogP contribution in [0.25, 0.3) is 60.8 Å². The summed E-state index contributed by atoms with van der Waals surface area (Å²) in [6.07, 6.45) is 0. The summed E-state index contributed by atoms with van der Waals surface area (Å²) in [7, 11) is 0. The molecule has 0 atom stereocenters. The summed E-state index contributed by atoms with van der Waals surface area (Å²) in [5, 5.41) is 3.38. The molecule has 0 radical (unpaired) electrons. The maximum Gasteiger partial charge on any atom is 0.223 e. The van der Waals surface area contributed by atoms with E-state index in [9.17, 15) is 0 Å². The van der Waals surface area contributed by atoms with E-state index >= 15 is 0 Å². The van der Waals surface area contributed by atoms with Crippen molar-refractivity contribution in [1.29, 1.82) is 0 Å². The first-order valence-electron chi connectivity index (χ1n) is 10.7. The summed E-state index contributed by atoms with van der Waals surface area (Å²) in [5.41, 5.74) is 7.13. The summed E-state index contributed by atoms with van der Waals surface area (Å²) in [6, 6.07) is 33.0. The van der Waals surface area contributed by atoms with E-state index in [2.05, 4.69) is 81.3 Å². The first-order valence-corrected chi connectivity index (χ1v) is 11.1. The van der Waals surface area contributed by atoms with Gasteiger partial charge in [0.05, 0.1) is 11.0 Å². The molecule has 3 heterocycles. The minimum Gasteiger partial charge on any atom is -0.452 e. The Balaban J connectivity index is 1.65. The zero-order valence-electron chi connectivity index (χ0n) is 17.4. The van der Waals surface area contributed by atoms with E-state index in [1.165, 1.54) is 0 Å². The van der Waals surface area contributed by atoms with Crippen LogP contribution in [0.1, 0.15) is 0 Å². The first kappa shape index (κ1) is 18.4. The van der Waals surface area contributed by atoms with Gasteiger partial charge in [0.15, 0.2) is 5.58 Å². The van der Waals surface area contributed by atoms with Gasteiger partial charge in [-0.15, -0.1) is 0 Å². The smallest absolute Gasteiger partial charge is 0.223 e. The Kier molecular flexibility index (Phi) is 3.87. The lowest BCUT2D eigenvalue weighted by atomic mass is 10.0. The Morgan fingerprint density at radius 2 is 1.39 bits per heavy atom. The third-order valence-corrected chi connectivity index (χ3v) is 6.33. The Morgan fingerprint density at radius 1 is 0.667 bits per heavy atom. The number of hydrogen-bond donors (Lipinski definition) is 0. The van der Waals surface area contributed by atoms with Crippen molar-refractivity contribution in [2.24, 2.45) is 0 Å². The number of halogens is 1. The zero-order valence-corrected chi connectivity index (χ0v) is 18.1. The normalized spacial score (nSPS) is 11.8. The van der Waals surface area contributed by atoms with Crippen molar-refractivity contribution in [1.82, 2.24) is 14.5 Å². The van der Waals surface area contributed by atoms with E-state index in [1.807, 2.05) is 30.3 Å². The first-order chi connectivity index (χ1) is 16.3. The molecule has 0 N–H and O–H groups in total. The van der Waals surface area contributed by atoms with Crippen LogP contribution in [0.5, 0.6) is 0 Å². The number of benzene rings is 4. The quantitative estimate of drug-likeness (QED) is 0.255. The molecule has 4 aromatic carbocycles. The molecule has 7 rings (SSSR count). The van der Waals surface area contributed by atoms with Gasteiger partial charge in [0.2, 0.25) is 5.28 Å². The lowest BCUT2D eigenvalue weighted by molar-refractivity contribution is 0.667. The number of fused-ring (bicyclic) bond motifs is 6. The summed E-state index contributed by atoms with van der Waals surface area (Å²) in [5.74, 6) is 0. The molecule has 0 saturated carbocycles. The average Bonchev–Trinajstić information content (AvgIpc) is 3.40. The minimum absolute atomic E-state index is 0.202. The van der Waals surface area contributed by atoms with Gasteiger partial charge in [0, 0.05) is 27.4 Å². The molecule has 4 nitrogen and oxygen atoms in total. The fourth-order valence-electron chi connectivity index (χ4n) is 4.82. The Labute approximate surface area is 193 Å². The third-order valence-electron chi connectivity index (χ3n) is 6.16. The van der Waals surface area contributed by atoms with Crippen molar-refractivity contribution >= 4 is 55.5 Å². The zero-order chi connectivity index (χ0) is 21.9. The van der Waals surface area contributed by atoms with Crippen molar-refractivity contribution < 1.29 is 4.42 Å². The van der Waals surface area contributed by atoms with Gasteiger partial charge in [-0.3, -0.25) is 0 Å². The van der Waals surface area contributed by atoms with Crippen LogP contribution in [0.4, 0.5) is 0 Å². The van der Waals surface area contributed by atoms with Gasteiger partial charge < -0.3 is 8.98 Å². The highest BCUT2D eigenvalue weighted by molar-refractivity contribution is 6.29. The molecule has 3 aromatic heterocycles. The van der Waals surface area contributed by atoms with Gasteiger partial charge in [0.25, 0.3) is 0 Å². The maximum absolute atomic E-state index is 6.43. The monoisotopic (exact) mass is 445 g/mol. The van der Waals surface area contributed by atoms with Crippen LogP contribution in [0.3, 0.4) is 0 Å². The molecule has 0 aliphatic carbocycles. The second kappa shape index (κ2) is 6.92. The highest BCUT2D eigenvalue weighted by atomic mass is 35.5. The van der Waals surface area contributed by atoms with E-state index in [0.29, 0.717) is 11.3 Å². The van der Waals surface area contributed by atoms with E-state index in [1.54, 1.807) is 0 Å². The lowest BCUT2D eigenvalue weighted by Crippen LogP contribution is -1.93. The second-order valence-electron chi connectivity index (χ2n) is 8.01. The highest BCUT2D eigenvalue weighted by Crippen LogP contribution is 2.41. The SMILES string of the molecule is Clc1nc(-c2cccc3c2c2ccccc2n3-c2ccccc2)c2oc3ccccc3c2n1. The average molecular weight is 446 g/mol. The van der Waals surface area contributed by atoms with Crippen LogP contribution in [0.15, 0.2) is 101 Å². The number of rotatable bonds is 2. The molecule has 0 saturated heterocycles. The van der Waals surface area contributed by atoms with E-state index < -0.39 is 0 Å². The lowest BCUT2D eigenvalue weighted by Gasteiger charge is -2.08. The summed E-state index contributed by atoms with van der Waals surface area (Å²) < 4.78 is 8.54. The van der Waals surface area contributed by atoms with Crippen LogP contribution >= 0.6 is 11.6 Å². The topological polar surface area (TPSA) is 43.9 Å². The number of nitrogens with zero attached hydrogens (tertiary/aromatic N) is 3. The third kappa shape index (κ3) is 2.65. The molecule has 0 spiro atoms. The summed E-state index contributed by atoms with van der Waals surface area (Å²) >= 11 is 6.43. The largest absolute Gasteiger partial charge is 0.452 e. The van der Waals surface area contributed by atoms with E-state index in [4.69, 9.17) is 16.0 Å². The summed E-state index contributed by atoms with van der Waals surface area (Å²) in [4.78, 5) is 9.16. The van der Waals surface area contributed by atoms with Crippen LogP contribution in [-0.2, 0) is 0 Å². The van der Waals surface area contributed by atoms with Gasteiger partial charge in [0.1, 0.15) is 16.8 Å². The van der Waals surface area contributed by atoms with Gasteiger partial charge in [-0.2, -0.15) is 0 Å². The van der Waals surface area contributed by atoms with Gasteiger partial charge in [-0.25, -0.2) is 9.97 Å². The molecule has 0 fully saturated rings. The van der Waals surface area contributed by atoms with E-state index in [0.717, 1.165) is 49.5 Å². The highest BCUT2D eigenvalue weighted by Gasteiger charge is 2.21. The Morgan fingerprint density at radius 3 is 2.27 bits per heavy atom. The molecule has 0 unspecified atom stereocenters. The van der Waals surface area contributed by atoms with Crippen LogP contribution in [0.2, 0.25) is 5.28 Å². The van der Waals surface area contributed by atoms with Gasteiger partial charge in [-0.05, 0) is 48.0 Å². The van der Waals surface area contributed by atoms with Crippen molar-refractivity contribution in [3.63, 3.8) is 0 Å². The van der Waals surface area contributed by atoms with Crippen molar-refractivity contribution in [3.05, 3.63) is 102 Å². The molecule has 0 bridgehead atoms. The predicted molar refractivity (Wildman–Crippen MR) is 134 cm³/mol. The second-order valence-corrected chi connectivity index (χ2v) is 8.34.